The van der Waals surface area contributed by atoms with E-state index in [9.17, 15) is 13.2 Å². The van der Waals surface area contributed by atoms with Crippen molar-refractivity contribution in [3.05, 3.63) is 89.2 Å². The molecular weight excluding hydrogens is 393 g/mol. The Morgan fingerprint density at radius 2 is 1.56 bits per heavy atom. The van der Waals surface area contributed by atoms with Crippen molar-refractivity contribution >= 4 is 15.9 Å². The smallest absolute Gasteiger partial charge is 0.133 e. The lowest BCUT2D eigenvalue weighted by molar-refractivity contribution is 0.306. The zero-order chi connectivity index (χ0) is 17.8. The highest BCUT2D eigenvalue weighted by molar-refractivity contribution is 9.08. The van der Waals surface area contributed by atoms with E-state index in [1.54, 1.807) is 36.4 Å². The van der Waals surface area contributed by atoms with Gasteiger partial charge in [-0.15, -0.1) is 0 Å². The Morgan fingerprint density at radius 1 is 0.800 bits per heavy atom. The number of hydrogen-bond donors (Lipinski definition) is 0. The third kappa shape index (κ3) is 4.23. The van der Waals surface area contributed by atoms with Gasteiger partial charge in [0.05, 0.1) is 0 Å². The molecule has 3 rings (SSSR count). The topological polar surface area (TPSA) is 9.23 Å². The molecule has 0 N–H and O–H groups in total. The van der Waals surface area contributed by atoms with Crippen LogP contribution in [0.1, 0.15) is 11.1 Å². The number of halogens is 4. The maximum atomic E-state index is 13.8. The van der Waals surface area contributed by atoms with Crippen molar-refractivity contribution < 1.29 is 17.9 Å². The van der Waals surface area contributed by atoms with Crippen LogP contribution in [-0.2, 0) is 11.9 Å². The highest BCUT2D eigenvalue weighted by Gasteiger charge is 2.07. The van der Waals surface area contributed by atoms with Crippen molar-refractivity contribution in [3.8, 4) is 16.9 Å². The number of rotatable bonds is 5. The molecule has 0 bridgehead atoms. The number of alkyl halides is 1. The predicted molar refractivity (Wildman–Crippen MR) is 95.2 cm³/mol. The van der Waals surface area contributed by atoms with Crippen LogP contribution in [-0.4, -0.2) is 0 Å². The zero-order valence-corrected chi connectivity index (χ0v) is 14.7. The standard InChI is InChI=1S/C20H14BrF3O/c21-11-15-9-13(1-8-19(15)23)12-25-17-5-2-14(3-6-17)18-7-4-16(22)10-20(18)24/h1-10H,11-12H2. The van der Waals surface area contributed by atoms with Crippen LogP contribution in [0.3, 0.4) is 0 Å². The lowest BCUT2D eigenvalue weighted by Crippen LogP contribution is -1.97. The molecule has 128 valence electrons. The number of ether oxygens (including phenoxy) is 1. The first-order chi connectivity index (χ1) is 12.1. The highest BCUT2D eigenvalue weighted by Crippen LogP contribution is 2.26. The van der Waals surface area contributed by atoms with E-state index in [1.165, 1.54) is 18.2 Å². The van der Waals surface area contributed by atoms with E-state index in [4.69, 9.17) is 4.74 Å². The molecule has 0 aromatic heterocycles. The van der Waals surface area contributed by atoms with Gasteiger partial charge in [0.1, 0.15) is 29.8 Å². The van der Waals surface area contributed by atoms with E-state index in [-0.39, 0.29) is 5.82 Å². The van der Waals surface area contributed by atoms with Gasteiger partial charge >= 0.3 is 0 Å². The molecule has 0 aliphatic carbocycles. The van der Waals surface area contributed by atoms with E-state index < -0.39 is 11.6 Å². The van der Waals surface area contributed by atoms with Crippen molar-refractivity contribution in [3.63, 3.8) is 0 Å². The van der Waals surface area contributed by atoms with Crippen LogP contribution in [0, 0.1) is 17.5 Å². The van der Waals surface area contributed by atoms with Crippen LogP contribution in [0.5, 0.6) is 5.75 Å². The Labute approximate surface area is 152 Å². The van der Waals surface area contributed by atoms with Crippen LogP contribution in [0.15, 0.2) is 60.7 Å². The second-order valence-electron chi connectivity index (χ2n) is 5.50. The summed E-state index contributed by atoms with van der Waals surface area (Å²) in [5.74, 6) is -0.868. The maximum Gasteiger partial charge on any atom is 0.133 e. The van der Waals surface area contributed by atoms with Crippen molar-refractivity contribution in [2.45, 2.75) is 11.9 Å². The Hall–Kier alpha value is -2.27. The summed E-state index contributed by atoms with van der Waals surface area (Å²) in [6.45, 7) is 0.296. The molecule has 0 fully saturated rings. The number of hydrogen-bond acceptors (Lipinski definition) is 1. The van der Waals surface area contributed by atoms with Crippen LogP contribution in [0.2, 0.25) is 0 Å². The fraction of sp³-hybridized carbons (Fsp3) is 0.100. The quantitative estimate of drug-likeness (QED) is 0.455. The van der Waals surface area contributed by atoms with Gasteiger partial charge in [0.2, 0.25) is 0 Å². The summed E-state index contributed by atoms with van der Waals surface area (Å²) in [5.41, 5.74) is 2.38. The van der Waals surface area contributed by atoms with Gasteiger partial charge in [-0.3, -0.25) is 0 Å². The zero-order valence-electron chi connectivity index (χ0n) is 13.1. The Bertz CT molecular complexity index is 879. The summed E-state index contributed by atoms with van der Waals surface area (Å²) in [5, 5.41) is 0.435. The average molecular weight is 407 g/mol. The summed E-state index contributed by atoms with van der Waals surface area (Å²) in [4.78, 5) is 0. The normalized spacial score (nSPS) is 10.7. The summed E-state index contributed by atoms with van der Waals surface area (Å²) >= 11 is 3.24. The van der Waals surface area contributed by atoms with E-state index in [2.05, 4.69) is 15.9 Å². The first-order valence-electron chi connectivity index (χ1n) is 7.58. The van der Waals surface area contributed by atoms with Crippen molar-refractivity contribution in [2.24, 2.45) is 0 Å². The van der Waals surface area contributed by atoms with E-state index in [0.717, 1.165) is 11.6 Å². The molecule has 0 saturated heterocycles. The van der Waals surface area contributed by atoms with E-state index in [1.807, 2.05) is 0 Å². The highest BCUT2D eigenvalue weighted by atomic mass is 79.9. The third-order valence-corrected chi connectivity index (χ3v) is 4.36. The molecule has 5 heteroatoms. The molecule has 3 aromatic carbocycles. The second-order valence-corrected chi connectivity index (χ2v) is 6.06. The minimum Gasteiger partial charge on any atom is -0.489 e. The molecule has 0 aliphatic rings. The van der Waals surface area contributed by atoms with Crippen LogP contribution in [0.4, 0.5) is 13.2 Å². The lowest BCUT2D eigenvalue weighted by Gasteiger charge is -2.09. The fourth-order valence-electron chi connectivity index (χ4n) is 2.44. The fourth-order valence-corrected chi connectivity index (χ4v) is 2.87. The molecule has 0 radical (unpaired) electrons. The monoisotopic (exact) mass is 406 g/mol. The minimum atomic E-state index is -0.609. The van der Waals surface area contributed by atoms with Crippen molar-refractivity contribution in [1.29, 1.82) is 0 Å². The van der Waals surface area contributed by atoms with Crippen LogP contribution >= 0.6 is 15.9 Å². The maximum absolute atomic E-state index is 13.8. The predicted octanol–water partition coefficient (Wildman–Crippen LogP) is 6.24. The first-order valence-corrected chi connectivity index (χ1v) is 8.70. The molecule has 1 nitrogen and oxygen atoms in total. The number of benzene rings is 3. The molecule has 0 spiro atoms. The lowest BCUT2D eigenvalue weighted by atomic mass is 10.1. The molecule has 0 unspecified atom stereocenters. The van der Waals surface area contributed by atoms with Crippen LogP contribution < -0.4 is 4.74 Å². The van der Waals surface area contributed by atoms with E-state index >= 15 is 0 Å². The van der Waals surface area contributed by atoms with Gasteiger partial charge in [0.25, 0.3) is 0 Å². The molecule has 0 atom stereocenters. The average Bonchev–Trinajstić information content (AvgIpc) is 2.62. The largest absolute Gasteiger partial charge is 0.489 e. The van der Waals surface area contributed by atoms with Gasteiger partial charge in [-0.1, -0.05) is 34.1 Å². The summed E-state index contributed by atoms with van der Waals surface area (Å²) in [7, 11) is 0. The van der Waals surface area contributed by atoms with Crippen molar-refractivity contribution in [1.82, 2.24) is 0 Å². The Kier molecular flexibility index (Phi) is 5.43. The van der Waals surface area contributed by atoms with Gasteiger partial charge in [0, 0.05) is 17.0 Å². The van der Waals surface area contributed by atoms with Crippen LogP contribution in [0.25, 0.3) is 11.1 Å². The van der Waals surface area contributed by atoms with E-state index in [0.29, 0.717) is 34.4 Å². The summed E-state index contributed by atoms with van der Waals surface area (Å²) in [6.07, 6.45) is 0. The Morgan fingerprint density at radius 3 is 2.24 bits per heavy atom. The molecule has 3 aromatic rings. The van der Waals surface area contributed by atoms with Gasteiger partial charge in [-0.05, 0) is 53.1 Å². The van der Waals surface area contributed by atoms with Gasteiger partial charge in [-0.2, -0.15) is 0 Å². The van der Waals surface area contributed by atoms with Gasteiger partial charge in [-0.25, -0.2) is 13.2 Å². The molecule has 0 amide bonds. The van der Waals surface area contributed by atoms with Crippen molar-refractivity contribution in [2.75, 3.05) is 0 Å². The third-order valence-electron chi connectivity index (χ3n) is 3.76. The molecule has 0 saturated carbocycles. The molecular formula is C20H14BrF3O. The first kappa shape index (κ1) is 17.5. The molecule has 0 aliphatic heterocycles. The molecule has 0 heterocycles. The van der Waals surface area contributed by atoms with Gasteiger partial charge < -0.3 is 4.74 Å². The SMILES string of the molecule is Fc1ccc(-c2ccc(OCc3ccc(F)c(CBr)c3)cc2)c(F)c1. The van der Waals surface area contributed by atoms with Gasteiger partial charge in [0.15, 0.2) is 0 Å². The second kappa shape index (κ2) is 7.74. The summed E-state index contributed by atoms with van der Waals surface area (Å²) in [6, 6.07) is 15.2. The Balaban J connectivity index is 1.70. The molecule has 25 heavy (non-hydrogen) atoms. The summed E-state index contributed by atoms with van der Waals surface area (Å²) < 4.78 is 45.9. The minimum absolute atomic E-state index is 0.258.